The van der Waals surface area contributed by atoms with Crippen LogP contribution in [-0.4, -0.2) is 56.7 Å². The van der Waals surface area contributed by atoms with E-state index in [9.17, 15) is 8.42 Å². The largest absolute Gasteiger partial charge is 0.357 e. The second kappa shape index (κ2) is 9.93. The molecule has 0 radical (unpaired) electrons. The number of aliphatic imine (C=N–C) groups is 1. The minimum Gasteiger partial charge on any atom is -0.357 e. The first kappa shape index (κ1) is 21.5. The minimum atomic E-state index is -3.07. The molecule has 0 atom stereocenters. The van der Waals surface area contributed by atoms with Crippen LogP contribution >= 0.6 is 0 Å². The van der Waals surface area contributed by atoms with E-state index in [4.69, 9.17) is 4.99 Å². The fraction of sp³-hybridized carbons (Fsp3) is 0.947. The molecule has 0 unspecified atom stereocenters. The van der Waals surface area contributed by atoms with Crippen molar-refractivity contribution in [3.8, 4) is 0 Å². The van der Waals surface area contributed by atoms with E-state index in [0.717, 1.165) is 31.9 Å². The summed E-state index contributed by atoms with van der Waals surface area (Å²) in [5, 5.41) is 6.91. The second-order valence-electron chi connectivity index (χ2n) is 7.89. The van der Waals surface area contributed by atoms with Crippen LogP contribution in [0, 0.1) is 5.41 Å². The number of piperidine rings is 1. The van der Waals surface area contributed by atoms with Gasteiger partial charge in [-0.3, -0.25) is 4.99 Å². The van der Waals surface area contributed by atoms with E-state index in [1.165, 1.54) is 32.1 Å². The topological polar surface area (TPSA) is 73.8 Å². The maximum Gasteiger partial charge on any atom is 0.214 e. The molecule has 2 rings (SSSR count). The summed E-state index contributed by atoms with van der Waals surface area (Å²) in [6.07, 6.45) is 8.80. The van der Waals surface area contributed by atoms with Crippen molar-refractivity contribution >= 4 is 16.0 Å². The Kier molecular flexibility index (Phi) is 8.20. The zero-order chi connectivity index (χ0) is 19.0. The number of nitrogens with zero attached hydrogens (tertiary/aromatic N) is 2. The van der Waals surface area contributed by atoms with Crippen LogP contribution in [0.4, 0.5) is 0 Å². The highest BCUT2D eigenvalue weighted by atomic mass is 32.2. The molecular formula is C19H38N4O2S. The third-order valence-electron chi connectivity index (χ3n) is 5.98. The van der Waals surface area contributed by atoms with Crippen molar-refractivity contribution in [3.63, 3.8) is 0 Å². The highest BCUT2D eigenvalue weighted by Gasteiger charge is 2.32. The van der Waals surface area contributed by atoms with Gasteiger partial charge in [-0.05, 0) is 50.9 Å². The molecule has 0 amide bonds. The fourth-order valence-corrected chi connectivity index (χ4v) is 5.72. The smallest absolute Gasteiger partial charge is 0.214 e. The number of hydrogen-bond acceptors (Lipinski definition) is 3. The van der Waals surface area contributed by atoms with E-state index in [0.29, 0.717) is 31.0 Å². The van der Waals surface area contributed by atoms with Gasteiger partial charge >= 0.3 is 0 Å². The van der Waals surface area contributed by atoms with Gasteiger partial charge in [0, 0.05) is 32.2 Å². The molecule has 2 aliphatic rings. The molecule has 0 aromatic carbocycles. The summed E-state index contributed by atoms with van der Waals surface area (Å²) in [7, 11) is -3.07. The first-order chi connectivity index (χ1) is 12.4. The van der Waals surface area contributed by atoms with Gasteiger partial charge < -0.3 is 10.6 Å². The molecule has 1 aliphatic carbocycles. The van der Waals surface area contributed by atoms with Gasteiger partial charge in [0.1, 0.15) is 0 Å². The van der Waals surface area contributed by atoms with E-state index in [1.54, 1.807) is 4.31 Å². The van der Waals surface area contributed by atoms with Gasteiger partial charge in [-0.1, -0.05) is 26.7 Å². The molecule has 152 valence electrons. The van der Waals surface area contributed by atoms with Crippen LogP contribution in [0.2, 0.25) is 0 Å². The minimum absolute atomic E-state index is 0.258. The van der Waals surface area contributed by atoms with Gasteiger partial charge in [0.25, 0.3) is 0 Å². The summed E-state index contributed by atoms with van der Waals surface area (Å²) in [4.78, 5) is 4.89. The number of guanidine groups is 1. The van der Waals surface area contributed by atoms with E-state index >= 15 is 0 Å². The Labute approximate surface area is 160 Å². The van der Waals surface area contributed by atoms with Crippen LogP contribution in [0.25, 0.3) is 0 Å². The van der Waals surface area contributed by atoms with Gasteiger partial charge in [-0.2, -0.15) is 0 Å². The molecule has 1 saturated carbocycles. The Morgan fingerprint density at radius 3 is 2.35 bits per heavy atom. The number of hydrogen-bond donors (Lipinski definition) is 2. The van der Waals surface area contributed by atoms with Crippen LogP contribution < -0.4 is 10.6 Å². The predicted octanol–water partition coefficient (Wildman–Crippen LogP) is 2.72. The lowest BCUT2D eigenvalue weighted by molar-refractivity contribution is 0.293. The van der Waals surface area contributed by atoms with Gasteiger partial charge in [-0.15, -0.1) is 0 Å². The van der Waals surface area contributed by atoms with Gasteiger partial charge in [0.15, 0.2) is 5.96 Å². The van der Waals surface area contributed by atoms with Crippen molar-refractivity contribution in [3.05, 3.63) is 0 Å². The van der Waals surface area contributed by atoms with Crippen molar-refractivity contribution in [1.82, 2.24) is 14.9 Å². The molecule has 0 aromatic heterocycles. The lowest BCUT2D eigenvalue weighted by Crippen LogP contribution is -2.50. The molecule has 7 heteroatoms. The quantitative estimate of drug-likeness (QED) is 0.497. The highest BCUT2D eigenvalue weighted by Crippen LogP contribution is 2.41. The van der Waals surface area contributed by atoms with Crippen LogP contribution in [0.5, 0.6) is 0 Å². The Hall–Kier alpha value is -0.820. The van der Waals surface area contributed by atoms with E-state index in [1.807, 2.05) is 6.92 Å². The lowest BCUT2D eigenvalue weighted by atomic mass is 9.84. The van der Waals surface area contributed by atoms with Gasteiger partial charge in [0.2, 0.25) is 10.0 Å². The number of rotatable bonds is 8. The SMILES string of the molecule is CCCS(=O)(=O)N1CCC(NC(=NCC2(CC)CCCC2)NCC)CC1. The normalized spacial score (nSPS) is 22.5. The first-order valence-corrected chi connectivity index (χ1v) is 12.1. The average Bonchev–Trinajstić information content (AvgIpc) is 3.10. The average molecular weight is 387 g/mol. The van der Waals surface area contributed by atoms with E-state index in [-0.39, 0.29) is 5.75 Å². The zero-order valence-electron chi connectivity index (χ0n) is 16.9. The van der Waals surface area contributed by atoms with Crippen molar-refractivity contribution in [2.75, 3.05) is 31.9 Å². The summed E-state index contributed by atoms with van der Waals surface area (Å²) in [6, 6.07) is 0.294. The Morgan fingerprint density at radius 2 is 1.81 bits per heavy atom. The highest BCUT2D eigenvalue weighted by molar-refractivity contribution is 7.89. The summed E-state index contributed by atoms with van der Waals surface area (Å²) < 4.78 is 26.1. The van der Waals surface area contributed by atoms with Crippen molar-refractivity contribution in [2.45, 2.75) is 78.2 Å². The third kappa shape index (κ3) is 5.84. The van der Waals surface area contributed by atoms with Crippen molar-refractivity contribution < 1.29 is 8.42 Å². The summed E-state index contributed by atoms with van der Waals surface area (Å²) in [5.41, 5.74) is 0.389. The van der Waals surface area contributed by atoms with E-state index in [2.05, 4.69) is 24.5 Å². The monoisotopic (exact) mass is 386 g/mol. The first-order valence-electron chi connectivity index (χ1n) is 10.5. The Bertz CT molecular complexity index is 548. The maximum absolute atomic E-state index is 12.2. The van der Waals surface area contributed by atoms with Crippen LogP contribution in [0.3, 0.4) is 0 Å². The molecule has 1 saturated heterocycles. The van der Waals surface area contributed by atoms with Crippen molar-refractivity contribution in [1.29, 1.82) is 0 Å². The summed E-state index contributed by atoms with van der Waals surface area (Å²) >= 11 is 0. The number of nitrogens with one attached hydrogen (secondary N) is 2. The van der Waals surface area contributed by atoms with Crippen LogP contribution in [-0.2, 0) is 10.0 Å². The molecule has 1 aliphatic heterocycles. The Balaban J connectivity index is 1.89. The standard InChI is InChI=1S/C19H38N4O2S/c1-4-15-26(24,25)23-13-9-17(10-14-23)22-18(20-6-3)21-16-19(5-2)11-7-8-12-19/h17H,4-16H2,1-3H3,(H2,20,21,22). The van der Waals surface area contributed by atoms with E-state index < -0.39 is 10.0 Å². The summed E-state index contributed by atoms with van der Waals surface area (Å²) in [6.45, 7) is 9.24. The summed E-state index contributed by atoms with van der Waals surface area (Å²) in [5.74, 6) is 1.15. The maximum atomic E-state index is 12.2. The molecule has 0 bridgehead atoms. The fourth-order valence-electron chi connectivity index (χ4n) is 4.17. The lowest BCUT2D eigenvalue weighted by Gasteiger charge is -2.32. The second-order valence-corrected chi connectivity index (χ2v) is 9.98. The third-order valence-corrected chi connectivity index (χ3v) is 8.06. The van der Waals surface area contributed by atoms with Gasteiger partial charge in [-0.25, -0.2) is 12.7 Å². The number of sulfonamides is 1. The molecule has 1 heterocycles. The molecule has 2 N–H and O–H groups in total. The van der Waals surface area contributed by atoms with Gasteiger partial charge in [0.05, 0.1) is 5.75 Å². The predicted molar refractivity (Wildman–Crippen MR) is 109 cm³/mol. The molecule has 0 spiro atoms. The molecule has 0 aromatic rings. The molecule has 6 nitrogen and oxygen atoms in total. The van der Waals surface area contributed by atoms with Crippen molar-refractivity contribution in [2.24, 2.45) is 10.4 Å². The zero-order valence-corrected chi connectivity index (χ0v) is 17.7. The molecular weight excluding hydrogens is 348 g/mol. The molecule has 26 heavy (non-hydrogen) atoms. The van der Waals surface area contributed by atoms with Crippen LogP contribution in [0.15, 0.2) is 4.99 Å². The van der Waals surface area contributed by atoms with Crippen LogP contribution in [0.1, 0.15) is 72.1 Å². The Morgan fingerprint density at radius 1 is 1.15 bits per heavy atom. The molecule has 2 fully saturated rings.